The lowest BCUT2D eigenvalue weighted by Crippen LogP contribution is -2.26. The molecule has 1 heterocycles. The van der Waals surface area contributed by atoms with Gasteiger partial charge in [0.2, 0.25) is 5.76 Å². The summed E-state index contributed by atoms with van der Waals surface area (Å²) < 4.78 is 11.2. The zero-order chi connectivity index (χ0) is 19.4. The molecule has 0 aliphatic heterocycles. The Morgan fingerprint density at radius 2 is 1.78 bits per heavy atom. The van der Waals surface area contributed by atoms with E-state index in [1.165, 1.54) is 24.5 Å². The summed E-state index contributed by atoms with van der Waals surface area (Å²) in [6.45, 7) is 0. The molecule has 2 amide bonds. The molecule has 0 atom stereocenters. The highest BCUT2D eigenvalue weighted by molar-refractivity contribution is 7.82. The first kappa shape index (κ1) is 19.2. The summed E-state index contributed by atoms with van der Waals surface area (Å²) in [7, 11) is 0. The van der Waals surface area contributed by atoms with Gasteiger partial charge in [-0.25, -0.2) is 13.9 Å². The Bertz CT molecular complexity index is 962. The third-order valence-electron chi connectivity index (χ3n) is 3.40. The van der Waals surface area contributed by atoms with Crippen LogP contribution < -0.4 is 14.4 Å². The first-order valence-corrected chi connectivity index (χ1v) is 8.71. The number of esters is 1. The molecule has 3 rings (SSSR count). The summed E-state index contributed by atoms with van der Waals surface area (Å²) in [5, 5.41) is 3.16. The summed E-state index contributed by atoms with van der Waals surface area (Å²) in [4.78, 5) is 24.2. The highest BCUT2D eigenvalue weighted by Crippen LogP contribution is 2.30. The first-order valence-electron chi connectivity index (χ1n) is 7.55. The predicted octanol–water partition coefficient (Wildman–Crippen LogP) is 5.69. The van der Waals surface area contributed by atoms with Gasteiger partial charge in [-0.1, -0.05) is 42.1 Å². The number of nitrogens with one attached hydrogen (secondary N) is 1. The number of carbonyl (C=O) groups is 2. The molecule has 0 bridgehead atoms. The molecule has 0 saturated heterocycles. The summed E-state index contributed by atoms with van der Waals surface area (Å²) in [6.07, 6.45) is 1.38. The van der Waals surface area contributed by atoms with E-state index in [1.54, 1.807) is 36.4 Å². The zero-order valence-corrected chi connectivity index (χ0v) is 16.0. The van der Waals surface area contributed by atoms with Crippen LogP contribution in [0.25, 0.3) is 0 Å². The number of amides is 2. The molecular weight excluding hydrogens is 411 g/mol. The van der Waals surface area contributed by atoms with E-state index < -0.39 is 12.0 Å². The average Bonchev–Trinajstić information content (AvgIpc) is 3.20. The van der Waals surface area contributed by atoms with Crippen LogP contribution in [0, 0.1) is 0 Å². The van der Waals surface area contributed by atoms with Gasteiger partial charge in [0.25, 0.3) is 0 Å². The van der Waals surface area contributed by atoms with Crippen molar-refractivity contribution in [1.29, 1.82) is 0 Å². The van der Waals surface area contributed by atoms with Crippen LogP contribution in [0.2, 0.25) is 10.0 Å². The van der Waals surface area contributed by atoms with E-state index in [2.05, 4.69) is 18.1 Å². The van der Waals surface area contributed by atoms with Crippen LogP contribution in [0.4, 0.5) is 16.2 Å². The van der Waals surface area contributed by atoms with Crippen molar-refractivity contribution in [3.63, 3.8) is 0 Å². The van der Waals surface area contributed by atoms with Gasteiger partial charge in [0.05, 0.1) is 27.7 Å². The van der Waals surface area contributed by atoms with Crippen molar-refractivity contribution in [2.75, 3.05) is 9.62 Å². The van der Waals surface area contributed by atoms with Gasteiger partial charge >= 0.3 is 12.0 Å². The van der Waals surface area contributed by atoms with Crippen LogP contribution in [0.15, 0.2) is 65.3 Å². The monoisotopic (exact) mass is 422 g/mol. The molecule has 9 heteroatoms. The van der Waals surface area contributed by atoms with Crippen molar-refractivity contribution in [3.8, 4) is 5.75 Å². The van der Waals surface area contributed by atoms with Crippen molar-refractivity contribution < 1.29 is 18.7 Å². The Balaban J connectivity index is 1.66. The van der Waals surface area contributed by atoms with E-state index in [1.807, 2.05) is 0 Å². The van der Waals surface area contributed by atoms with E-state index in [4.69, 9.17) is 32.4 Å². The van der Waals surface area contributed by atoms with Crippen LogP contribution in [-0.2, 0) is 0 Å². The predicted molar refractivity (Wildman–Crippen MR) is 107 cm³/mol. The fourth-order valence-electron chi connectivity index (χ4n) is 2.09. The summed E-state index contributed by atoms with van der Waals surface area (Å²) in [5.74, 6) is -0.239. The third-order valence-corrected chi connectivity index (χ3v) is 4.63. The molecule has 1 aromatic heterocycles. The number of anilines is 2. The van der Waals surface area contributed by atoms with Gasteiger partial charge in [0, 0.05) is 0 Å². The maximum atomic E-state index is 12.3. The number of halogens is 2. The van der Waals surface area contributed by atoms with Crippen LogP contribution in [0.3, 0.4) is 0 Å². The van der Waals surface area contributed by atoms with Gasteiger partial charge in [0.1, 0.15) is 5.75 Å². The van der Waals surface area contributed by atoms with Crippen LogP contribution in [0.5, 0.6) is 5.75 Å². The van der Waals surface area contributed by atoms with Crippen molar-refractivity contribution in [2.24, 2.45) is 0 Å². The van der Waals surface area contributed by atoms with E-state index in [9.17, 15) is 9.59 Å². The fraction of sp³-hybridized carbons (Fsp3) is 0. The molecule has 0 saturated carbocycles. The van der Waals surface area contributed by atoms with Gasteiger partial charge in [-0.05, 0) is 48.5 Å². The smallest absolute Gasteiger partial charge is 0.379 e. The molecule has 3 aromatic rings. The zero-order valence-electron chi connectivity index (χ0n) is 13.6. The Hall–Kier alpha value is -2.61. The largest absolute Gasteiger partial charge is 0.457 e. The van der Waals surface area contributed by atoms with E-state index >= 15 is 0 Å². The molecule has 0 unspecified atom stereocenters. The van der Waals surface area contributed by atoms with Gasteiger partial charge in [-0.15, -0.1) is 0 Å². The minimum Gasteiger partial charge on any atom is -0.457 e. The molecule has 0 spiro atoms. The topological polar surface area (TPSA) is 71.8 Å². The molecule has 27 heavy (non-hydrogen) atoms. The van der Waals surface area contributed by atoms with Crippen molar-refractivity contribution in [3.05, 3.63) is 76.7 Å². The summed E-state index contributed by atoms with van der Waals surface area (Å²) >= 11 is 16.2. The molecule has 2 aromatic carbocycles. The maximum absolute atomic E-state index is 12.3. The Morgan fingerprint density at radius 3 is 2.44 bits per heavy atom. The molecule has 6 nitrogen and oxygen atoms in total. The van der Waals surface area contributed by atoms with Gasteiger partial charge in [-0.2, -0.15) is 0 Å². The summed E-state index contributed by atoms with van der Waals surface area (Å²) in [6, 6.07) is 13.6. The van der Waals surface area contributed by atoms with Crippen LogP contribution >= 0.6 is 36.0 Å². The highest BCUT2D eigenvalue weighted by atomic mass is 35.5. The lowest BCUT2D eigenvalue weighted by molar-refractivity contribution is 0.0701. The van der Waals surface area contributed by atoms with E-state index in [0.717, 1.165) is 4.31 Å². The Labute approximate surface area is 170 Å². The summed E-state index contributed by atoms with van der Waals surface area (Å²) in [5.41, 5.74) is 0.809. The molecule has 138 valence electrons. The van der Waals surface area contributed by atoms with Crippen molar-refractivity contribution in [2.45, 2.75) is 0 Å². The maximum Gasteiger partial charge on any atom is 0.379 e. The normalized spacial score (nSPS) is 10.3. The number of rotatable bonds is 4. The lowest BCUT2D eigenvalue weighted by Gasteiger charge is -2.17. The first-order chi connectivity index (χ1) is 13.0. The number of urea groups is 1. The molecule has 0 aliphatic rings. The molecule has 0 fully saturated rings. The standard InChI is InChI=1S/C18H12Cl2N2O4S/c19-13-3-1-4-14(16(13)20)21-18(24)22(27)11-6-8-12(9-7-11)26-17(23)15-5-2-10-25-15/h1-10,27H,(H,21,24). The van der Waals surface area contributed by atoms with Gasteiger partial charge in [0.15, 0.2) is 0 Å². The number of furan rings is 1. The number of ether oxygens (including phenoxy) is 1. The number of hydrogen-bond donors (Lipinski definition) is 2. The molecule has 0 aliphatic carbocycles. The third kappa shape index (κ3) is 4.57. The molecule has 1 N–H and O–H groups in total. The number of thiol groups is 1. The van der Waals surface area contributed by atoms with E-state index in [-0.39, 0.29) is 10.8 Å². The number of benzene rings is 2. The van der Waals surface area contributed by atoms with Gasteiger partial charge < -0.3 is 14.5 Å². The van der Waals surface area contributed by atoms with Crippen LogP contribution in [0.1, 0.15) is 10.6 Å². The second kappa shape index (κ2) is 8.39. The highest BCUT2D eigenvalue weighted by Gasteiger charge is 2.16. The van der Waals surface area contributed by atoms with Crippen LogP contribution in [-0.4, -0.2) is 12.0 Å². The van der Waals surface area contributed by atoms with Gasteiger partial charge in [-0.3, -0.25) is 0 Å². The Morgan fingerprint density at radius 1 is 1.04 bits per heavy atom. The second-order valence-corrected chi connectivity index (χ2v) is 6.39. The molecule has 0 radical (unpaired) electrons. The number of nitrogens with zero attached hydrogens (tertiary/aromatic N) is 1. The second-order valence-electron chi connectivity index (χ2n) is 5.20. The fourth-order valence-corrected chi connectivity index (χ4v) is 2.62. The number of carbonyl (C=O) groups excluding carboxylic acids is 2. The Kier molecular flexibility index (Phi) is 5.95. The SMILES string of the molecule is O=C(Oc1ccc(N(S)C(=O)Nc2cccc(Cl)c2Cl)cc1)c1ccco1. The minimum absolute atomic E-state index is 0.0904. The van der Waals surface area contributed by atoms with E-state index in [0.29, 0.717) is 22.1 Å². The van der Waals surface area contributed by atoms with Crippen molar-refractivity contribution in [1.82, 2.24) is 0 Å². The lowest BCUT2D eigenvalue weighted by atomic mass is 10.3. The number of hydrogen-bond acceptors (Lipinski definition) is 5. The quantitative estimate of drug-likeness (QED) is 0.321. The van der Waals surface area contributed by atoms with Crippen molar-refractivity contribution >= 4 is 59.4 Å². The average molecular weight is 423 g/mol. The minimum atomic E-state index is -0.621. The molecular formula is C18H12Cl2N2O4S.